The molecular weight excluding hydrogens is 210 g/mol. The number of allylic oxidation sites excluding steroid dienone is 1. The number of hydrogen-bond acceptors (Lipinski definition) is 5. The molecule has 0 saturated carbocycles. The van der Waals surface area contributed by atoms with E-state index in [0.29, 0.717) is 11.6 Å². The Hall–Kier alpha value is -1.17. The first-order chi connectivity index (χ1) is 7.31. The molecular formula is C10H13N3OS. The summed E-state index contributed by atoms with van der Waals surface area (Å²) in [6, 6.07) is 3.74. The summed E-state index contributed by atoms with van der Waals surface area (Å²) >= 11 is 1.38. The van der Waals surface area contributed by atoms with Crippen LogP contribution in [-0.4, -0.2) is 25.5 Å². The van der Waals surface area contributed by atoms with Crippen molar-refractivity contribution in [3.05, 3.63) is 10.6 Å². The summed E-state index contributed by atoms with van der Waals surface area (Å²) in [4.78, 5) is 0. The van der Waals surface area contributed by atoms with Crippen LogP contribution in [0.5, 0.6) is 0 Å². The van der Waals surface area contributed by atoms with E-state index in [1.54, 1.807) is 0 Å². The summed E-state index contributed by atoms with van der Waals surface area (Å²) in [6.07, 6.45) is 4.19. The van der Waals surface area contributed by atoms with Crippen LogP contribution in [-0.2, 0) is 4.74 Å². The second kappa shape index (κ2) is 6.34. The molecule has 0 bridgehead atoms. The Labute approximate surface area is 93.9 Å². The van der Waals surface area contributed by atoms with E-state index in [2.05, 4.69) is 5.32 Å². The number of ether oxygens (including phenoxy) is 1. The van der Waals surface area contributed by atoms with Crippen molar-refractivity contribution in [1.82, 2.24) is 5.32 Å². The largest absolute Gasteiger partial charge is 0.376 e. The van der Waals surface area contributed by atoms with E-state index in [4.69, 9.17) is 15.3 Å². The predicted octanol–water partition coefficient (Wildman–Crippen LogP) is 1.38. The molecule has 0 aromatic rings. The van der Waals surface area contributed by atoms with Gasteiger partial charge in [-0.25, -0.2) is 0 Å². The first-order valence-corrected chi connectivity index (χ1v) is 5.98. The van der Waals surface area contributed by atoms with Crippen LogP contribution < -0.4 is 5.32 Å². The molecule has 1 N–H and O–H groups in total. The van der Waals surface area contributed by atoms with Crippen molar-refractivity contribution in [2.75, 3.05) is 19.4 Å². The lowest BCUT2D eigenvalue weighted by Crippen LogP contribution is -2.25. The van der Waals surface area contributed by atoms with Crippen LogP contribution in [0.1, 0.15) is 12.8 Å². The van der Waals surface area contributed by atoms with E-state index in [1.165, 1.54) is 11.8 Å². The lowest BCUT2D eigenvalue weighted by Gasteiger charge is -2.12. The maximum absolute atomic E-state index is 8.70. The molecule has 5 heteroatoms. The van der Waals surface area contributed by atoms with Crippen LogP contribution in [0.2, 0.25) is 0 Å². The minimum atomic E-state index is 0.139. The monoisotopic (exact) mass is 223 g/mol. The molecule has 0 spiro atoms. The van der Waals surface area contributed by atoms with Gasteiger partial charge in [-0.15, -0.1) is 11.8 Å². The first kappa shape index (κ1) is 11.9. The molecule has 4 nitrogen and oxygen atoms in total. The van der Waals surface area contributed by atoms with Crippen LogP contribution in [0, 0.1) is 22.7 Å². The van der Waals surface area contributed by atoms with Gasteiger partial charge in [0.05, 0.1) is 11.1 Å². The maximum Gasteiger partial charge on any atom is 0.159 e. The van der Waals surface area contributed by atoms with E-state index in [1.807, 2.05) is 18.4 Å². The zero-order valence-corrected chi connectivity index (χ0v) is 9.43. The first-order valence-electron chi connectivity index (χ1n) is 4.75. The van der Waals surface area contributed by atoms with Crippen LogP contribution in [0.25, 0.3) is 0 Å². The molecule has 0 amide bonds. The molecule has 1 atom stereocenters. The van der Waals surface area contributed by atoms with Crippen molar-refractivity contribution in [2.45, 2.75) is 18.9 Å². The summed E-state index contributed by atoms with van der Waals surface area (Å²) in [5, 5.41) is 21.1. The summed E-state index contributed by atoms with van der Waals surface area (Å²) in [5.74, 6) is 0. The fraction of sp³-hybridized carbons (Fsp3) is 0.600. The molecule has 1 aliphatic rings. The third kappa shape index (κ3) is 3.47. The minimum Gasteiger partial charge on any atom is -0.376 e. The van der Waals surface area contributed by atoms with Gasteiger partial charge in [0.25, 0.3) is 0 Å². The predicted molar refractivity (Wildman–Crippen MR) is 58.7 cm³/mol. The van der Waals surface area contributed by atoms with Crippen molar-refractivity contribution in [2.24, 2.45) is 0 Å². The highest BCUT2D eigenvalue weighted by atomic mass is 32.2. The Morgan fingerprint density at radius 1 is 1.53 bits per heavy atom. The second-order valence-electron chi connectivity index (χ2n) is 3.15. The van der Waals surface area contributed by atoms with Gasteiger partial charge in [0.1, 0.15) is 12.1 Å². The number of nitriles is 2. The highest BCUT2D eigenvalue weighted by molar-refractivity contribution is 8.02. The van der Waals surface area contributed by atoms with E-state index >= 15 is 0 Å². The van der Waals surface area contributed by atoms with Crippen molar-refractivity contribution in [3.63, 3.8) is 0 Å². The zero-order valence-electron chi connectivity index (χ0n) is 8.62. The van der Waals surface area contributed by atoms with Gasteiger partial charge >= 0.3 is 0 Å². The number of hydrogen-bond donors (Lipinski definition) is 1. The van der Waals surface area contributed by atoms with Crippen LogP contribution in [0.4, 0.5) is 0 Å². The van der Waals surface area contributed by atoms with Gasteiger partial charge < -0.3 is 10.1 Å². The smallest absolute Gasteiger partial charge is 0.159 e. The number of rotatable bonds is 4. The van der Waals surface area contributed by atoms with E-state index in [-0.39, 0.29) is 11.7 Å². The average Bonchev–Trinajstić information content (AvgIpc) is 2.77. The molecule has 0 aliphatic carbocycles. The fourth-order valence-electron chi connectivity index (χ4n) is 1.40. The van der Waals surface area contributed by atoms with Gasteiger partial charge in [-0.2, -0.15) is 10.5 Å². The Morgan fingerprint density at radius 2 is 2.27 bits per heavy atom. The van der Waals surface area contributed by atoms with Crippen LogP contribution in [0.15, 0.2) is 10.6 Å². The molecule has 1 heterocycles. The lowest BCUT2D eigenvalue weighted by atomic mass is 10.2. The molecule has 80 valence electrons. The van der Waals surface area contributed by atoms with E-state index in [0.717, 1.165) is 19.4 Å². The van der Waals surface area contributed by atoms with Crippen molar-refractivity contribution in [1.29, 1.82) is 10.5 Å². The van der Waals surface area contributed by atoms with Crippen molar-refractivity contribution >= 4 is 11.8 Å². The molecule has 1 unspecified atom stereocenters. The summed E-state index contributed by atoms with van der Waals surface area (Å²) in [5.41, 5.74) is 0.139. The van der Waals surface area contributed by atoms with Crippen LogP contribution in [0.3, 0.4) is 0 Å². The van der Waals surface area contributed by atoms with E-state index < -0.39 is 0 Å². The maximum atomic E-state index is 8.70. The molecule has 0 radical (unpaired) electrons. The minimum absolute atomic E-state index is 0.139. The number of nitrogens with zero attached hydrogens (tertiary/aromatic N) is 2. The van der Waals surface area contributed by atoms with Crippen molar-refractivity contribution < 1.29 is 4.74 Å². The molecule has 0 aromatic heterocycles. The quantitative estimate of drug-likeness (QED) is 0.729. The Morgan fingerprint density at radius 3 is 2.73 bits per heavy atom. The Bertz CT molecular complexity index is 305. The SMILES string of the molecule is CSC(NCC1CCCO1)=C(C#N)C#N. The highest BCUT2D eigenvalue weighted by Crippen LogP contribution is 2.15. The molecule has 1 fully saturated rings. The molecule has 1 aliphatic heterocycles. The molecule has 15 heavy (non-hydrogen) atoms. The van der Waals surface area contributed by atoms with Gasteiger partial charge in [0.15, 0.2) is 5.57 Å². The number of nitrogens with one attached hydrogen (secondary N) is 1. The van der Waals surface area contributed by atoms with Crippen molar-refractivity contribution in [3.8, 4) is 12.1 Å². The molecule has 1 saturated heterocycles. The average molecular weight is 223 g/mol. The summed E-state index contributed by atoms with van der Waals surface area (Å²) in [7, 11) is 0. The van der Waals surface area contributed by atoms with Gasteiger partial charge in [0.2, 0.25) is 0 Å². The second-order valence-corrected chi connectivity index (χ2v) is 3.96. The van der Waals surface area contributed by atoms with Gasteiger partial charge in [-0.3, -0.25) is 0 Å². The standard InChI is InChI=1S/C10H13N3OS/c1-15-10(8(5-11)6-12)13-7-9-3-2-4-14-9/h9,13H,2-4,7H2,1H3. The topological polar surface area (TPSA) is 68.8 Å². The third-order valence-electron chi connectivity index (χ3n) is 2.17. The molecule has 0 aromatic carbocycles. The van der Waals surface area contributed by atoms with Gasteiger partial charge in [0, 0.05) is 13.2 Å². The fourth-order valence-corrected chi connectivity index (χ4v) is 1.92. The number of thioether (sulfide) groups is 1. The van der Waals surface area contributed by atoms with Crippen LogP contribution >= 0.6 is 11.8 Å². The zero-order chi connectivity index (χ0) is 11.1. The molecule has 1 rings (SSSR count). The summed E-state index contributed by atoms with van der Waals surface area (Å²) in [6.45, 7) is 1.48. The van der Waals surface area contributed by atoms with Gasteiger partial charge in [-0.05, 0) is 19.1 Å². The lowest BCUT2D eigenvalue weighted by molar-refractivity contribution is 0.112. The van der Waals surface area contributed by atoms with E-state index in [9.17, 15) is 0 Å². The Balaban J connectivity index is 2.51. The normalized spacial score (nSPS) is 19.0. The Kier molecular flexibility index (Phi) is 5.03. The highest BCUT2D eigenvalue weighted by Gasteiger charge is 2.16. The third-order valence-corrected chi connectivity index (χ3v) is 2.93. The van der Waals surface area contributed by atoms with Gasteiger partial charge in [-0.1, -0.05) is 0 Å². The summed E-state index contributed by atoms with van der Waals surface area (Å²) < 4.78 is 5.43.